The molecular formula is C9H8NO4-. The fourth-order valence-electron chi connectivity index (χ4n) is 0.878. The number of carbonyl (C=O) groups is 2. The van der Waals surface area contributed by atoms with E-state index in [1.54, 1.807) is 6.92 Å². The smallest absolute Gasteiger partial charge is 0.339 e. The third kappa shape index (κ3) is 2.29. The number of hydrogen-bond acceptors (Lipinski definition) is 5. The molecule has 0 amide bonds. The van der Waals surface area contributed by atoms with E-state index in [2.05, 4.69) is 9.72 Å². The van der Waals surface area contributed by atoms with Crippen molar-refractivity contribution in [1.82, 2.24) is 4.98 Å². The van der Waals surface area contributed by atoms with E-state index in [-0.39, 0.29) is 17.7 Å². The maximum atomic E-state index is 11.1. The van der Waals surface area contributed by atoms with E-state index >= 15 is 0 Å². The number of hydrogen-bond donors (Lipinski definition) is 0. The molecule has 0 aliphatic heterocycles. The zero-order valence-electron chi connectivity index (χ0n) is 7.52. The monoisotopic (exact) mass is 194 g/mol. The molecule has 0 saturated carbocycles. The Kier molecular flexibility index (Phi) is 3.17. The minimum Gasteiger partial charge on any atom is -0.545 e. The highest BCUT2D eigenvalue weighted by Gasteiger charge is 2.07. The third-order valence-electron chi connectivity index (χ3n) is 1.49. The van der Waals surface area contributed by atoms with Gasteiger partial charge in [0.25, 0.3) is 0 Å². The standard InChI is InChI=1S/C9H9NO4/c1-2-14-9(13)7-3-6(8(11)12)4-10-5-7/h3-5H,2H2,1H3,(H,11,12)/p-1. The van der Waals surface area contributed by atoms with Crippen molar-refractivity contribution in [3.05, 3.63) is 29.6 Å². The zero-order valence-corrected chi connectivity index (χ0v) is 7.52. The van der Waals surface area contributed by atoms with Crippen molar-refractivity contribution < 1.29 is 19.4 Å². The second-order valence-corrected chi connectivity index (χ2v) is 2.47. The number of carbonyl (C=O) groups excluding carboxylic acids is 2. The molecule has 0 aliphatic carbocycles. The number of aromatic nitrogens is 1. The molecule has 5 heteroatoms. The molecule has 0 fully saturated rings. The quantitative estimate of drug-likeness (QED) is 0.613. The fraction of sp³-hybridized carbons (Fsp3) is 0.222. The van der Waals surface area contributed by atoms with Crippen molar-refractivity contribution in [3.8, 4) is 0 Å². The van der Waals surface area contributed by atoms with Gasteiger partial charge in [-0.15, -0.1) is 0 Å². The summed E-state index contributed by atoms with van der Waals surface area (Å²) in [6, 6.07) is 1.17. The Morgan fingerprint density at radius 1 is 1.43 bits per heavy atom. The molecule has 14 heavy (non-hydrogen) atoms. The average molecular weight is 194 g/mol. The number of nitrogens with zero attached hydrogens (tertiary/aromatic N) is 1. The topological polar surface area (TPSA) is 79.3 Å². The summed E-state index contributed by atoms with van der Waals surface area (Å²) < 4.78 is 4.67. The molecule has 1 rings (SSSR count). The van der Waals surface area contributed by atoms with Crippen LogP contribution in [0, 0.1) is 0 Å². The van der Waals surface area contributed by atoms with Gasteiger partial charge >= 0.3 is 5.97 Å². The molecule has 1 aromatic rings. The van der Waals surface area contributed by atoms with Gasteiger partial charge in [0.05, 0.1) is 18.1 Å². The van der Waals surface area contributed by atoms with Crippen LogP contribution < -0.4 is 5.11 Å². The Balaban J connectivity index is 2.93. The van der Waals surface area contributed by atoms with E-state index < -0.39 is 11.9 Å². The number of rotatable bonds is 3. The molecule has 0 aromatic carbocycles. The fourth-order valence-corrected chi connectivity index (χ4v) is 0.878. The lowest BCUT2D eigenvalue weighted by atomic mass is 10.2. The molecular weight excluding hydrogens is 186 g/mol. The van der Waals surface area contributed by atoms with Crippen LogP contribution in [0.5, 0.6) is 0 Å². The molecule has 0 atom stereocenters. The van der Waals surface area contributed by atoms with Crippen molar-refractivity contribution in [3.63, 3.8) is 0 Å². The number of aromatic carboxylic acids is 1. The Morgan fingerprint density at radius 2 is 2.07 bits per heavy atom. The molecule has 0 aliphatic rings. The summed E-state index contributed by atoms with van der Waals surface area (Å²) >= 11 is 0. The predicted molar refractivity (Wildman–Crippen MR) is 44.5 cm³/mol. The van der Waals surface area contributed by atoms with Gasteiger partial charge in [0.15, 0.2) is 0 Å². The molecule has 1 aromatic heterocycles. The molecule has 74 valence electrons. The summed E-state index contributed by atoms with van der Waals surface area (Å²) in [6.45, 7) is 1.89. The highest BCUT2D eigenvalue weighted by Crippen LogP contribution is 2.03. The number of pyridine rings is 1. The van der Waals surface area contributed by atoms with Crippen LogP contribution in [0.25, 0.3) is 0 Å². The summed E-state index contributed by atoms with van der Waals surface area (Å²) in [5, 5.41) is 10.4. The second kappa shape index (κ2) is 4.36. The van der Waals surface area contributed by atoms with E-state index in [1.807, 2.05) is 0 Å². The van der Waals surface area contributed by atoms with E-state index in [4.69, 9.17) is 0 Å². The Labute approximate surface area is 80.3 Å². The maximum Gasteiger partial charge on any atom is 0.339 e. The Hall–Kier alpha value is -1.91. The first-order valence-electron chi connectivity index (χ1n) is 3.98. The molecule has 1 heterocycles. The first-order valence-corrected chi connectivity index (χ1v) is 3.98. The summed E-state index contributed by atoms with van der Waals surface area (Å²) in [5.41, 5.74) is -0.0379. The van der Waals surface area contributed by atoms with E-state index in [9.17, 15) is 14.7 Å². The van der Waals surface area contributed by atoms with Crippen molar-refractivity contribution in [2.45, 2.75) is 6.92 Å². The van der Waals surface area contributed by atoms with Crippen molar-refractivity contribution in [2.24, 2.45) is 0 Å². The number of esters is 1. The highest BCUT2D eigenvalue weighted by atomic mass is 16.5. The van der Waals surface area contributed by atoms with Gasteiger partial charge in [-0.05, 0) is 13.0 Å². The van der Waals surface area contributed by atoms with Crippen LogP contribution in [0.4, 0.5) is 0 Å². The van der Waals surface area contributed by atoms with Crippen LogP contribution in [0.15, 0.2) is 18.5 Å². The summed E-state index contributed by atoms with van der Waals surface area (Å²) in [4.78, 5) is 25.2. The van der Waals surface area contributed by atoms with E-state index in [0.29, 0.717) is 0 Å². The van der Waals surface area contributed by atoms with E-state index in [1.165, 1.54) is 12.3 Å². The van der Waals surface area contributed by atoms with Crippen LogP contribution in [0.2, 0.25) is 0 Å². The van der Waals surface area contributed by atoms with Crippen molar-refractivity contribution >= 4 is 11.9 Å². The summed E-state index contributed by atoms with van der Waals surface area (Å²) in [5.74, 6) is -1.97. The van der Waals surface area contributed by atoms with Crippen LogP contribution >= 0.6 is 0 Å². The van der Waals surface area contributed by atoms with Crippen LogP contribution in [-0.4, -0.2) is 23.5 Å². The molecule has 0 radical (unpaired) electrons. The maximum absolute atomic E-state index is 11.1. The second-order valence-electron chi connectivity index (χ2n) is 2.47. The lowest BCUT2D eigenvalue weighted by Crippen LogP contribution is -2.23. The van der Waals surface area contributed by atoms with Crippen molar-refractivity contribution in [1.29, 1.82) is 0 Å². The van der Waals surface area contributed by atoms with Crippen LogP contribution in [0.1, 0.15) is 27.6 Å². The minimum atomic E-state index is -1.37. The highest BCUT2D eigenvalue weighted by molar-refractivity contribution is 5.93. The first-order chi connectivity index (χ1) is 6.65. The summed E-state index contributed by atoms with van der Waals surface area (Å²) in [7, 11) is 0. The number of carboxylic acid groups (broad SMARTS) is 1. The van der Waals surface area contributed by atoms with Gasteiger partial charge in [-0.1, -0.05) is 0 Å². The third-order valence-corrected chi connectivity index (χ3v) is 1.49. The number of ether oxygens (including phenoxy) is 1. The van der Waals surface area contributed by atoms with Crippen LogP contribution in [-0.2, 0) is 4.74 Å². The largest absolute Gasteiger partial charge is 0.545 e. The predicted octanol–water partition coefficient (Wildman–Crippen LogP) is -0.378. The van der Waals surface area contributed by atoms with Gasteiger partial charge in [0.2, 0.25) is 0 Å². The summed E-state index contributed by atoms with van der Waals surface area (Å²) in [6.07, 6.45) is 2.35. The van der Waals surface area contributed by atoms with Gasteiger partial charge in [-0.25, -0.2) is 4.79 Å². The van der Waals surface area contributed by atoms with Crippen molar-refractivity contribution in [2.75, 3.05) is 6.61 Å². The first kappa shape index (κ1) is 10.2. The average Bonchev–Trinajstić information content (AvgIpc) is 2.18. The van der Waals surface area contributed by atoms with E-state index in [0.717, 1.165) is 6.20 Å². The minimum absolute atomic E-state index is 0.105. The van der Waals surface area contributed by atoms with Gasteiger partial charge in [0.1, 0.15) is 0 Å². The SMILES string of the molecule is CCOC(=O)c1cncc(C(=O)[O-])c1. The molecule has 0 spiro atoms. The van der Waals surface area contributed by atoms with Gasteiger partial charge in [-0.2, -0.15) is 0 Å². The van der Waals surface area contributed by atoms with Gasteiger partial charge in [0, 0.05) is 18.0 Å². The molecule has 5 nitrogen and oxygen atoms in total. The van der Waals surface area contributed by atoms with Crippen LogP contribution in [0.3, 0.4) is 0 Å². The molecule has 0 N–H and O–H groups in total. The molecule has 0 saturated heterocycles. The lowest BCUT2D eigenvalue weighted by Gasteiger charge is -2.04. The zero-order chi connectivity index (χ0) is 10.6. The number of carboxylic acids is 1. The molecule has 0 unspecified atom stereocenters. The normalized spacial score (nSPS) is 9.50. The molecule has 0 bridgehead atoms. The van der Waals surface area contributed by atoms with Gasteiger partial charge in [-0.3, -0.25) is 4.98 Å². The Morgan fingerprint density at radius 3 is 2.64 bits per heavy atom. The lowest BCUT2D eigenvalue weighted by molar-refractivity contribution is -0.255. The van der Waals surface area contributed by atoms with Gasteiger partial charge < -0.3 is 14.6 Å². The Bertz CT molecular complexity index is 362.